The van der Waals surface area contributed by atoms with Gasteiger partial charge in [0.2, 0.25) is 0 Å². The molecule has 1 N–H and O–H groups in total. The van der Waals surface area contributed by atoms with Crippen molar-refractivity contribution in [3.63, 3.8) is 0 Å². The Hall–Kier alpha value is -1.25. The highest BCUT2D eigenvalue weighted by atomic mass is 79.9. The molecule has 0 spiro atoms. The molecule has 116 valence electrons. The van der Waals surface area contributed by atoms with Crippen molar-refractivity contribution in [3.05, 3.63) is 39.0 Å². The van der Waals surface area contributed by atoms with Gasteiger partial charge in [0, 0.05) is 13.0 Å². The summed E-state index contributed by atoms with van der Waals surface area (Å²) in [6, 6.07) is 4.45. The van der Waals surface area contributed by atoms with Crippen LogP contribution >= 0.6 is 39.9 Å². The van der Waals surface area contributed by atoms with Gasteiger partial charge in [-0.05, 0) is 46.1 Å². The van der Waals surface area contributed by atoms with E-state index in [-0.39, 0.29) is 24.7 Å². The molecule has 2 rings (SSSR count). The van der Waals surface area contributed by atoms with E-state index in [2.05, 4.69) is 15.9 Å². The number of thiocarbonyl (C=S) groups is 1. The fourth-order valence-corrected chi connectivity index (χ4v) is 3.54. The predicted molar refractivity (Wildman–Crippen MR) is 90.8 cm³/mol. The SMILES string of the molecule is O=C(O)CCCN1C(=O)/C(=C/c2ccc(F)c(Br)c2)SC1=S. The normalized spacial score (nSPS) is 16.6. The number of carbonyl (C=O) groups excluding carboxylic acids is 1. The third kappa shape index (κ3) is 4.15. The third-order valence-electron chi connectivity index (χ3n) is 2.89. The van der Waals surface area contributed by atoms with Gasteiger partial charge in [-0.25, -0.2) is 4.39 Å². The maximum absolute atomic E-state index is 13.2. The van der Waals surface area contributed by atoms with Crippen LogP contribution in [0.15, 0.2) is 27.6 Å². The molecule has 0 unspecified atom stereocenters. The number of carboxylic acid groups (broad SMARTS) is 1. The van der Waals surface area contributed by atoms with Crippen LogP contribution in [0.4, 0.5) is 4.39 Å². The quantitative estimate of drug-likeness (QED) is 0.600. The second kappa shape index (κ2) is 7.34. The van der Waals surface area contributed by atoms with Gasteiger partial charge in [-0.3, -0.25) is 14.5 Å². The van der Waals surface area contributed by atoms with Gasteiger partial charge in [-0.2, -0.15) is 0 Å². The Kier molecular flexibility index (Phi) is 5.71. The first-order valence-corrected chi connectivity index (χ1v) is 8.32. The van der Waals surface area contributed by atoms with Gasteiger partial charge in [0.25, 0.3) is 5.91 Å². The molecule has 1 aliphatic rings. The van der Waals surface area contributed by atoms with Gasteiger partial charge in [0.1, 0.15) is 10.1 Å². The largest absolute Gasteiger partial charge is 0.481 e. The van der Waals surface area contributed by atoms with Crippen LogP contribution in [0, 0.1) is 5.82 Å². The maximum Gasteiger partial charge on any atom is 0.303 e. The smallest absolute Gasteiger partial charge is 0.303 e. The molecule has 0 aliphatic carbocycles. The highest BCUT2D eigenvalue weighted by Crippen LogP contribution is 2.33. The molecule has 22 heavy (non-hydrogen) atoms. The summed E-state index contributed by atoms with van der Waals surface area (Å²) in [7, 11) is 0. The number of carboxylic acids is 1. The molecule has 1 fully saturated rings. The Labute approximate surface area is 144 Å². The van der Waals surface area contributed by atoms with Crippen molar-refractivity contribution in [3.8, 4) is 0 Å². The monoisotopic (exact) mass is 403 g/mol. The lowest BCUT2D eigenvalue weighted by atomic mass is 10.2. The number of amides is 1. The lowest BCUT2D eigenvalue weighted by molar-refractivity contribution is -0.137. The van der Waals surface area contributed by atoms with Gasteiger partial charge < -0.3 is 5.11 Å². The van der Waals surface area contributed by atoms with E-state index in [1.165, 1.54) is 11.0 Å². The Bertz CT molecular complexity index is 678. The molecule has 1 saturated heterocycles. The Morgan fingerprint density at radius 3 is 2.86 bits per heavy atom. The molecule has 1 aromatic rings. The van der Waals surface area contributed by atoms with E-state index in [1.807, 2.05) is 0 Å². The van der Waals surface area contributed by atoms with E-state index in [4.69, 9.17) is 17.3 Å². The number of hydrogen-bond acceptors (Lipinski definition) is 4. The Balaban J connectivity index is 2.11. The molecule has 0 atom stereocenters. The standard InChI is InChI=1S/C14H11BrFNO3S2/c15-9-6-8(3-4-10(9)16)7-11-13(20)17(14(21)22-11)5-1-2-12(18)19/h3-4,6-7H,1-2,5H2,(H,18,19)/b11-7-. The van der Waals surface area contributed by atoms with Crippen molar-refractivity contribution >= 4 is 62.2 Å². The number of aliphatic carboxylic acids is 1. The van der Waals surface area contributed by atoms with Crippen LogP contribution in [0.2, 0.25) is 0 Å². The third-order valence-corrected chi connectivity index (χ3v) is 4.87. The number of nitrogens with zero attached hydrogens (tertiary/aromatic N) is 1. The summed E-state index contributed by atoms with van der Waals surface area (Å²) in [5.41, 5.74) is 0.680. The van der Waals surface area contributed by atoms with Gasteiger partial charge in [0.05, 0.1) is 9.38 Å². The molecule has 4 nitrogen and oxygen atoms in total. The fourth-order valence-electron chi connectivity index (χ4n) is 1.83. The summed E-state index contributed by atoms with van der Waals surface area (Å²) in [5.74, 6) is -1.53. The minimum Gasteiger partial charge on any atom is -0.481 e. The zero-order valence-electron chi connectivity index (χ0n) is 11.2. The van der Waals surface area contributed by atoms with E-state index < -0.39 is 5.97 Å². The molecule has 1 aliphatic heterocycles. The zero-order chi connectivity index (χ0) is 16.3. The molecule has 0 aromatic heterocycles. The summed E-state index contributed by atoms with van der Waals surface area (Å²) in [4.78, 5) is 24.6. The zero-order valence-corrected chi connectivity index (χ0v) is 14.4. The van der Waals surface area contributed by atoms with E-state index >= 15 is 0 Å². The number of rotatable bonds is 5. The highest BCUT2D eigenvalue weighted by Gasteiger charge is 2.31. The van der Waals surface area contributed by atoms with Crippen LogP contribution in [0.3, 0.4) is 0 Å². The number of carbonyl (C=O) groups is 2. The van der Waals surface area contributed by atoms with Crippen LogP contribution in [-0.2, 0) is 9.59 Å². The van der Waals surface area contributed by atoms with Gasteiger partial charge in [0.15, 0.2) is 0 Å². The van der Waals surface area contributed by atoms with Crippen LogP contribution in [-0.4, -0.2) is 32.7 Å². The van der Waals surface area contributed by atoms with Crippen LogP contribution in [0.1, 0.15) is 18.4 Å². The number of thioether (sulfide) groups is 1. The van der Waals surface area contributed by atoms with Gasteiger partial charge >= 0.3 is 5.97 Å². The van der Waals surface area contributed by atoms with Gasteiger partial charge in [-0.1, -0.05) is 30.0 Å². The molecule has 8 heteroatoms. The molecule has 1 amide bonds. The van der Waals surface area contributed by atoms with E-state index in [9.17, 15) is 14.0 Å². The fraction of sp³-hybridized carbons (Fsp3) is 0.214. The summed E-state index contributed by atoms with van der Waals surface area (Å²) >= 11 is 9.40. The molecular formula is C14H11BrFNO3S2. The first-order valence-electron chi connectivity index (χ1n) is 6.30. The molecule has 1 heterocycles. The van der Waals surface area contributed by atoms with E-state index in [0.717, 1.165) is 11.8 Å². The first-order chi connectivity index (χ1) is 10.4. The average molecular weight is 404 g/mol. The summed E-state index contributed by atoms with van der Waals surface area (Å²) < 4.78 is 13.9. The summed E-state index contributed by atoms with van der Waals surface area (Å²) in [6.07, 6.45) is 1.97. The lowest BCUT2D eigenvalue weighted by Gasteiger charge is -2.13. The first kappa shape index (κ1) is 17.1. The van der Waals surface area contributed by atoms with Crippen molar-refractivity contribution in [2.45, 2.75) is 12.8 Å². The van der Waals surface area contributed by atoms with E-state index in [1.54, 1.807) is 18.2 Å². The van der Waals surface area contributed by atoms with Crippen LogP contribution in [0.25, 0.3) is 6.08 Å². The minimum absolute atomic E-state index is 0.0129. The van der Waals surface area contributed by atoms with Crippen molar-refractivity contribution in [1.29, 1.82) is 0 Å². The topological polar surface area (TPSA) is 57.6 Å². The number of hydrogen-bond donors (Lipinski definition) is 1. The number of benzene rings is 1. The van der Waals surface area contributed by atoms with Gasteiger partial charge in [-0.15, -0.1) is 0 Å². The Morgan fingerprint density at radius 1 is 1.50 bits per heavy atom. The van der Waals surface area contributed by atoms with Crippen molar-refractivity contribution in [2.75, 3.05) is 6.54 Å². The molecular weight excluding hydrogens is 393 g/mol. The minimum atomic E-state index is -0.905. The molecule has 1 aromatic carbocycles. The van der Waals surface area contributed by atoms with Crippen molar-refractivity contribution in [1.82, 2.24) is 4.90 Å². The second-order valence-corrected chi connectivity index (χ2v) is 7.03. The lowest BCUT2D eigenvalue weighted by Crippen LogP contribution is -2.29. The van der Waals surface area contributed by atoms with Crippen molar-refractivity contribution < 1.29 is 19.1 Å². The highest BCUT2D eigenvalue weighted by molar-refractivity contribution is 9.10. The van der Waals surface area contributed by atoms with E-state index in [0.29, 0.717) is 25.7 Å². The average Bonchev–Trinajstić information content (AvgIpc) is 2.70. The maximum atomic E-state index is 13.2. The summed E-state index contributed by atoms with van der Waals surface area (Å²) in [5, 5.41) is 8.63. The Morgan fingerprint density at radius 2 is 2.23 bits per heavy atom. The number of halogens is 2. The van der Waals surface area contributed by atoms with Crippen LogP contribution < -0.4 is 0 Å². The summed E-state index contributed by atoms with van der Waals surface area (Å²) in [6.45, 7) is 0.279. The van der Waals surface area contributed by atoms with Crippen LogP contribution in [0.5, 0.6) is 0 Å². The van der Waals surface area contributed by atoms with Crippen molar-refractivity contribution in [2.24, 2.45) is 0 Å². The molecule has 0 bridgehead atoms. The molecule has 0 saturated carbocycles. The second-order valence-electron chi connectivity index (χ2n) is 4.50. The molecule has 0 radical (unpaired) electrons. The predicted octanol–water partition coefficient (Wildman–Crippen LogP) is 3.65.